The fourth-order valence-electron chi connectivity index (χ4n) is 5.02. The van der Waals surface area contributed by atoms with E-state index in [4.69, 9.17) is 10.3 Å². The van der Waals surface area contributed by atoms with E-state index in [-0.39, 0.29) is 239 Å². The summed E-state index contributed by atoms with van der Waals surface area (Å²) in [7, 11) is -24.8. The average Bonchev–Trinajstić information content (AvgIpc) is 3.05. The number of aromatic hydroxyl groups is 3. The molecule has 1 radical (unpaired) electrons. The summed E-state index contributed by atoms with van der Waals surface area (Å²) >= 11 is 0. The Hall–Kier alpha value is 1.63. The molecule has 23 nitrogen and oxygen atoms in total. The summed E-state index contributed by atoms with van der Waals surface area (Å²) in [5.41, 5.74) is 2.97. The second kappa shape index (κ2) is 24.3. The van der Waals surface area contributed by atoms with Gasteiger partial charge < -0.3 is 21.1 Å². The molecule has 5 aromatic carbocycles. The van der Waals surface area contributed by atoms with Crippen LogP contribution in [-0.2, 0) is 71.8 Å². The van der Waals surface area contributed by atoms with Crippen molar-refractivity contribution < 1.29 is 302 Å². The minimum atomic E-state index is -5.22. The zero-order valence-electron chi connectivity index (χ0n) is 31.5. The number of hydrogen-bond donors (Lipinski definition) is 8. The third-order valence-electron chi connectivity index (χ3n) is 7.51. The Balaban J connectivity index is 0.00000720. The first-order chi connectivity index (χ1) is 25.7. The molecule has 0 bridgehead atoms. The van der Waals surface area contributed by atoms with Gasteiger partial charge >= 0.3 is 216 Å². The minimum Gasteiger partial charge on any atom is -0.506 e. The molecule has 0 unspecified atom stereocenters. The maximum absolute atomic E-state index is 12.6. The SMILES string of the molecule is Nc1c(S(=O)(=O)O)cc(S(=O)(=O)O)c2ccc(N=Nc3ccc4c(O)c(N=Nc5cc(S(=O)(=O)CCOS(=O)(=O)O)ccc5O)c(S(=O)(=O)O)cc4c3)c(O)c12.[Cu].[K+].[K+].[K+].[K+]. The van der Waals surface area contributed by atoms with Crippen LogP contribution < -0.4 is 211 Å². The predicted octanol–water partition coefficient (Wildman–Crippen LogP) is -8.13. The van der Waals surface area contributed by atoms with Gasteiger partial charge in [0.05, 0.1) is 34.0 Å². The van der Waals surface area contributed by atoms with E-state index >= 15 is 0 Å². The standard InChI is InChI=1S/C28H23N5O18S5.Cu.4K/c29-25-22(54(42,43)44)12-21(53(39,40)41)17-4-5-18(28(36)24(17)25)31-30-14-1-3-16-13(9-14)10-23(55(45,46)47)26(27(16)35)33-32-19-11-15(2-6-20(19)34)52(37,38)8-7-51-56(48,49)50;;;;;/h1-6,9-12,34-36H,7-8,29H2,(H,39,40,41)(H,42,43,44)(H,45,46,47)(H,48,49,50);;;;;/q;;4*+1. The quantitative estimate of drug-likeness (QED) is 0.0249. The van der Waals surface area contributed by atoms with Crippen LogP contribution in [0.4, 0.5) is 28.4 Å². The Morgan fingerprint density at radius 1 is 0.574 bits per heavy atom. The maximum Gasteiger partial charge on any atom is 1.00 e. The van der Waals surface area contributed by atoms with E-state index in [1.807, 2.05) is 0 Å². The molecular formula is C28H23CuK4N5O18S5+4. The van der Waals surface area contributed by atoms with Crippen LogP contribution >= 0.6 is 0 Å². The van der Waals surface area contributed by atoms with Gasteiger partial charge in [0.2, 0.25) is 0 Å². The van der Waals surface area contributed by atoms with E-state index in [0.717, 1.165) is 42.5 Å². The van der Waals surface area contributed by atoms with Crippen molar-refractivity contribution in [1.82, 2.24) is 0 Å². The Bertz CT molecular complexity index is 3150. The Kier molecular flexibility index (Phi) is 24.9. The van der Waals surface area contributed by atoms with Gasteiger partial charge in [0, 0.05) is 27.8 Å². The van der Waals surface area contributed by atoms with Crippen molar-refractivity contribution in [2.24, 2.45) is 20.5 Å². The molecule has 0 amide bonds. The molecule has 309 valence electrons. The molecule has 61 heavy (non-hydrogen) atoms. The van der Waals surface area contributed by atoms with Gasteiger partial charge in [-0.25, -0.2) is 12.6 Å². The molecule has 0 aliphatic carbocycles. The first-order valence-electron chi connectivity index (χ1n) is 14.5. The zero-order valence-corrected chi connectivity index (χ0v) is 49.0. The van der Waals surface area contributed by atoms with Gasteiger partial charge in [-0.15, -0.1) is 15.3 Å². The number of hydrogen-bond acceptors (Lipinski definition) is 19. The first kappa shape index (κ1) is 62.6. The number of anilines is 1. The number of phenols is 3. The van der Waals surface area contributed by atoms with Gasteiger partial charge in [0.1, 0.15) is 37.5 Å². The van der Waals surface area contributed by atoms with Crippen molar-refractivity contribution in [2.45, 2.75) is 19.6 Å². The van der Waals surface area contributed by atoms with Gasteiger partial charge in [-0.1, -0.05) is 6.07 Å². The molecular weight excluding hydrogens is 1070 g/mol. The van der Waals surface area contributed by atoms with Crippen LogP contribution in [0.1, 0.15) is 0 Å². The normalized spacial score (nSPS) is 12.3. The number of phenolic OH excluding ortho intramolecular Hbond substituents is 3. The molecule has 0 fully saturated rings. The van der Waals surface area contributed by atoms with Crippen molar-refractivity contribution in [3.05, 3.63) is 60.7 Å². The number of sulfone groups is 1. The molecule has 0 heterocycles. The van der Waals surface area contributed by atoms with Crippen LogP contribution in [0.2, 0.25) is 0 Å². The van der Waals surface area contributed by atoms with E-state index < -0.39 is 133 Å². The molecule has 5 rings (SSSR count). The Morgan fingerprint density at radius 3 is 1.69 bits per heavy atom. The topological polar surface area (TPSA) is 397 Å². The Labute approximate surface area is 527 Å². The van der Waals surface area contributed by atoms with Gasteiger partial charge in [-0.05, 0) is 60.0 Å². The number of nitrogens with two attached hydrogens (primary N) is 1. The zero-order chi connectivity index (χ0) is 41.8. The maximum atomic E-state index is 12.6. The van der Waals surface area contributed by atoms with E-state index in [1.54, 1.807) is 0 Å². The summed E-state index contributed by atoms with van der Waals surface area (Å²) in [4.78, 5) is -3.78. The van der Waals surface area contributed by atoms with E-state index in [0.29, 0.717) is 6.07 Å². The number of fused-ring (bicyclic) bond motifs is 2. The van der Waals surface area contributed by atoms with Crippen LogP contribution in [0.15, 0.2) is 101 Å². The van der Waals surface area contributed by atoms with Crippen molar-refractivity contribution >= 4 is 101 Å². The molecule has 0 aliphatic rings. The summed E-state index contributed by atoms with van der Waals surface area (Å²) in [6, 6.07) is 9.19. The van der Waals surface area contributed by atoms with Crippen molar-refractivity contribution in [3.8, 4) is 17.2 Å². The largest absolute Gasteiger partial charge is 1.00 e. The number of azo groups is 2. The molecule has 33 heteroatoms. The first-order valence-corrected chi connectivity index (χ1v) is 21.8. The van der Waals surface area contributed by atoms with Gasteiger partial charge in [0.25, 0.3) is 30.4 Å². The summed E-state index contributed by atoms with van der Waals surface area (Å²) in [5, 5.41) is 45.7. The third-order valence-corrected chi connectivity index (χ3v) is 12.3. The summed E-state index contributed by atoms with van der Waals surface area (Å²) in [6.45, 7) is -0.980. The molecule has 5 aromatic rings. The molecule has 0 atom stereocenters. The molecule has 0 aromatic heterocycles. The fourth-order valence-corrected chi connectivity index (χ4v) is 8.62. The third kappa shape index (κ3) is 15.6. The molecule has 0 aliphatic heterocycles. The number of nitrogen functional groups attached to an aromatic ring is 1. The smallest absolute Gasteiger partial charge is 0.506 e. The van der Waals surface area contributed by atoms with Gasteiger partial charge in [0.15, 0.2) is 21.3 Å². The van der Waals surface area contributed by atoms with Crippen LogP contribution in [0.25, 0.3) is 21.5 Å². The minimum absolute atomic E-state index is 0. The second-order valence-corrected chi connectivity index (χ2v) is 18.5. The molecule has 0 spiro atoms. The predicted molar refractivity (Wildman–Crippen MR) is 191 cm³/mol. The summed E-state index contributed by atoms with van der Waals surface area (Å²) in [5.74, 6) is -3.49. The summed E-state index contributed by atoms with van der Waals surface area (Å²) < 4.78 is 161. The second-order valence-electron chi connectivity index (χ2n) is 11.2. The Morgan fingerprint density at radius 2 is 1.13 bits per heavy atom. The summed E-state index contributed by atoms with van der Waals surface area (Å²) in [6.07, 6.45) is 0. The average molecular weight is 1100 g/mol. The number of benzene rings is 5. The van der Waals surface area contributed by atoms with Gasteiger partial charge in [-0.2, -0.15) is 38.8 Å². The monoisotopic (exact) mass is 1100 g/mol. The van der Waals surface area contributed by atoms with Crippen molar-refractivity contribution in [3.63, 3.8) is 0 Å². The number of rotatable bonds is 12. The number of nitrogens with zero attached hydrogens (tertiary/aromatic N) is 4. The van der Waals surface area contributed by atoms with Crippen molar-refractivity contribution in [2.75, 3.05) is 18.1 Å². The van der Waals surface area contributed by atoms with E-state index in [1.165, 1.54) is 12.1 Å². The van der Waals surface area contributed by atoms with E-state index in [2.05, 4.69) is 24.6 Å². The van der Waals surface area contributed by atoms with Crippen LogP contribution in [-0.4, -0.2) is 88.0 Å². The molecule has 0 saturated heterocycles. The van der Waals surface area contributed by atoms with Gasteiger partial charge in [-0.3, -0.25) is 18.2 Å². The fraction of sp³-hybridized carbons (Fsp3) is 0.0714. The van der Waals surface area contributed by atoms with Crippen LogP contribution in [0, 0.1) is 0 Å². The molecule has 9 N–H and O–H groups in total. The van der Waals surface area contributed by atoms with Crippen LogP contribution in [0.5, 0.6) is 17.2 Å². The van der Waals surface area contributed by atoms with Crippen molar-refractivity contribution in [1.29, 1.82) is 0 Å². The molecule has 0 saturated carbocycles. The van der Waals surface area contributed by atoms with Crippen LogP contribution in [0.3, 0.4) is 0 Å². The van der Waals surface area contributed by atoms with E-state index in [9.17, 15) is 71.1 Å².